The van der Waals surface area contributed by atoms with Gasteiger partial charge in [-0.25, -0.2) is 19.2 Å². The summed E-state index contributed by atoms with van der Waals surface area (Å²) in [4.78, 5) is 61.7. The predicted molar refractivity (Wildman–Crippen MR) is 220 cm³/mol. The summed E-state index contributed by atoms with van der Waals surface area (Å²) < 4.78 is 17.5. The number of aromatic nitrogens is 2. The van der Waals surface area contributed by atoms with Crippen LogP contribution in [0.2, 0.25) is 0 Å². The van der Waals surface area contributed by atoms with E-state index in [1.807, 2.05) is 60.7 Å². The Hall–Kier alpha value is -6.70. The number of carbonyl (C=O) groups excluding carboxylic acids is 2. The monoisotopic (exact) mass is 796 g/mol. The van der Waals surface area contributed by atoms with E-state index in [-0.39, 0.29) is 46.2 Å². The molecule has 0 spiro atoms. The number of aromatic carboxylic acids is 2. The molecule has 2 aromatic heterocycles. The Labute approximate surface area is 332 Å². The molecule has 0 radical (unpaired) electrons. The molecule has 2 heterocycles. The Bertz CT molecular complexity index is 2710. The van der Waals surface area contributed by atoms with Gasteiger partial charge in [0, 0.05) is 42.4 Å². The third kappa shape index (κ3) is 7.03. The van der Waals surface area contributed by atoms with Crippen molar-refractivity contribution < 1.29 is 43.6 Å². The van der Waals surface area contributed by atoms with Crippen LogP contribution in [0.4, 0.5) is 0 Å². The van der Waals surface area contributed by atoms with Crippen molar-refractivity contribution in [1.29, 1.82) is 0 Å². The van der Waals surface area contributed by atoms with Crippen molar-refractivity contribution in [3.05, 3.63) is 143 Å². The molecule has 6 aromatic carbocycles. The first kappa shape index (κ1) is 37.2. The number of ether oxygens (including phenoxy) is 3. The topological polar surface area (TPSA) is 168 Å². The lowest BCUT2D eigenvalue weighted by molar-refractivity contribution is 0.0387. The molecule has 0 aliphatic rings. The molecule has 0 amide bonds. The number of carbonyl (C=O) groups is 4. The third-order valence-corrected chi connectivity index (χ3v) is 11.1. The van der Waals surface area contributed by atoms with Gasteiger partial charge < -0.3 is 34.4 Å². The molecule has 0 fully saturated rings. The molecular formula is C44H32N2O9S2. The van der Waals surface area contributed by atoms with Crippen molar-refractivity contribution >= 4 is 91.0 Å². The molecular weight excluding hydrogens is 765 g/mol. The fraction of sp³-hybridized carbons (Fsp3) is 0.0909. The largest absolute Gasteiger partial charge is 0.489 e. The van der Waals surface area contributed by atoms with Gasteiger partial charge in [0.05, 0.1) is 33.3 Å². The van der Waals surface area contributed by atoms with E-state index in [1.165, 1.54) is 35.7 Å². The average molecular weight is 797 g/mol. The molecule has 13 heteroatoms. The number of carboxylic acids is 2. The average Bonchev–Trinajstić information content (AvgIpc) is 3.80. The fourth-order valence-corrected chi connectivity index (χ4v) is 8.18. The molecule has 0 bridgehead atoms. The minimum absolute atomic E-state index is 0.232. The molecule has 8 aromatic rings. The second-order valence-electron chi connectivity index (χ2n) is 13.0. The first-order valence-corrected chi connectivity index (χ1v) is 20.0. The Morgan fingerprint density at radius 1 is 0.561 bits per heavy atom. The maximum Gasteiger partial charge on any atom is 0.346 e. The van der Waals surface area contributed by atoms with E-state index in [4.69, 9.17) is 14.2 Å². The predicted octanol–water partition coefficient (Wildman–Crippen LogP) is 9.95. The molecule has 0 atom stereocenters. The lowest BCUT2D eigenvalue weighted by Gasteiger charge is -2.13. The second kappa shape index (κ2) is 15.4. The summed E-state index contributed by atoms with van der Waals surface area (Å²) in [6.07, 6.45) is 3.54. The Morgan fingerprint density at radius 2 is 0.965 bits per heavy atom. The van der Waals surface area contributed by atoms with Crippen LogP contribution >= 0.6 is 23.5 Å². The van der Waals surface area contributed by atoms with Crippen LogP contribution in [0.1, 0.15) is 52.6 Å². The van der Waals surface area contributed by atoms with Crippen LogP contribution in [0.15, 0.2) is 119 Å². The highest BCUT2D eigenvalue weighted by molar-refractivity contribution is 7.99. The van der Waals surface area contributed by atoms with Gasteiger partial charge in [0.25, 0.3) is 0 Å². The summed E-state index contributed by atoms with van der Waals surface area (Å²) in [6, 6.07) is 32.3. The van der Waals surface area contributed by atoms with E-state index in [9.17, 15) is 29.4 Å². The first-order valence-electron chi connectivity index (χ1n) is 17.5. The van der Waals surface area contributed by atoms with Gasteiger partial charge in [-0.2, -0.15) is 0 Å². The number of carboxylic acid groups (broad SMARTS) is 2. The van der Waals surface area contributed by atoms with Gasteiger partial charge in [0.15, 0.2) is 0 Å². The van der Waals surface area contributed by atoms with Gasteiger partial charge in [-0.05, 0) is 72.2 Å². The number of esters is 2. The molecule has 0 aliphatic carbocycles. The zero-order valence-corrected chi connectivity index (χ0v) is 32.0. The van der Waals surface area contributed by atoms with Gasteiger partial charge in [0.1, 0.15) is 24.7 Å². The smallest absolute Gasteiger partial charge is 0.346 e. The number of hydrogen-bond acceptors (Lipinski definition) is 9. The van der Waals surface area contributed by atoms with Crippen LogP contribution in [0.3, 0.4) is 0 Å². The number of fused-ring (bicyclic) bond motifs is 6. The number of H-pyrrole nitrogens is 2. The zero-order chi connectivity index (χ0) is 39.8. The minimum Gasteiger partial charge on any atom is -0.489 e. The molecule has 11 nitrogen and oxygen atoms in total. The van der Waals surface area contributed by atoms with Crippen LogP contribution in [-0.4, -0.2) is 56.6 Å². The SMILES string of the molecule is CSc1cc(C(=O)OC(=O)c2cc(SC)c3[nH]c4ccc(OCc5ccccc5)cc4c3c2C(=O)O)c(C(=O)O)c2c1[nH]c1ccc(OCc3ccccc3)cc12. The Balaban J connectivity index is 1.19. The van der Waals surface area contributed by atoms with E-state index < -0.39 is 23.9 Å². The summed E-state index contributed by atoms with van der Waals surface area (Å²) in [5.74, 6) is -4.40. The van der Waals surface area contributed by atoms with Gasteiger partial charge in [0.2, 0.25) is 0 Å². The maximum absolute atomic E-state index is 14.0. The van der Waals surface area contributed by atoms with Crippen LogP contribution < -0.4 is 9.47 Å². The Morgan fingerprint density at radius 3 is 1.33 bits per heavy atom. The van der Waals surface area contributed by atoms with Gasteiger partial charge >= 0.3 is 23.9 Å². The summed E-state index contributed by atoms with van der Waals surface area (Å²) in [7, 11) is 0. The highest BCUT2D eigenvalue weighted by atomic mass is 32.2. The Kier molecular flexibility index (Phi) is 10.1. The molecule has 8 rings (SSSR count). The summed E-state index contributed by atoms with van der Waals surface area (Å²) >= 11 is 2.54. The molecule has 0 saturated heterocycles. The van der Waals surface area contributed by atoms with Crippen LogP contribution in [-0.2, 0) is 18.0 Å². The van der Waals surface area contributed by atoms with Crippen molar-refractivity contribution in [3.63, 3.8) is 0 Å². The summed E-state index contributed by atoms with van der Waals surface area (Å²) in [5.41, 5.74) is 2.54. The minimum atomic E-state index is -1.43. The van der Waals surface area contributed by atoms with Gasteiger partial charge in [-0.3, -0.25) is 0 Å². The zero-order valence-electron chi connectivity index (χ0n) is 30.4. The molecule has 0 aliphatic heterocycles. The van der Waals surface area contributed by atoms with Crippen LogP contribution in [0.25, 0.3) is 43.6 Å². The molecule has 4 N–H and O–H groups in total. The van der Waals surface area contributed by atoms with Crippen molar-refractivity contribution in [2.75, 3.05) is 12.5 Å². The van der Waals surface area contributed by atoms with Crippen molar-refractivity contribution in [3.8, 4) is 11.5 Å². The number of benzene rings is 6. The third-order valence-electron chi connectivity index (χ3n) is 9.61. The summed E-state index contributed by atoms with van der Waals surface area (Å²) in [5, 5.41) is 22.6. The number of aromatic amines is 2. The number of hydrogen-bond donors (Lipinski definition) is 4. The van der Waals surface area contributed by atoms with Crippen LogP contribution in [0.5, 0.6) is 11.5 Å². The van der Waals surface area contributed by atoms with E-state index in [1.54, 1.807) is 48.9 Å². The normalized spacial score (nSPS) is 11.3. The maximum atomic E-state index is 14.0. The fourth-order valence-electron chi connectivity index (χ4n) is 6.99. The second-order valence-corrected chi connectivity index (χ2v) is 14.7. The lowest BCUT2D eigenvalue weighted by Crippen LogP contribution is -2.19. The lowest BCUT2D eigenvalue weighted by atomic mass is 9.99. The highest BCUT2D eigenvalue weighted by Crippen LogP contribution is 2.40. The highest BCUT2D eigenvalue weighted by Gasteiger charge is 2.31. The van der Waals surface area contributed by atoms with Gasteiger partial charge in [-0.1, -0.05) is 60.7 Å². The first-order chi connectivity index (χ1) is 27.6. The van der Waals surface area contributed by atoms with E-state index in [0.717, 1.165) is 11.1 Å². The van der Waals surface area contributed by atoms with Crippen LogP contribution in [0, 0.1) is 0 Å². The standard InChI is InChI=1S/C44H32N2O9S2/c1-56-33-19-29(37(41(47)48)35-27-17-25(13-15-31(27)45-39(33)35)53-21-23-9-5-3-6-10-23)43(51)55-44(52)30-20-34(57-2)40-36(38(30)42(49)50)28-18-26(14-16-32(28)46-40)54-22-24-11-7-4-8-12-24/h3-20,45-46H,21-22H2,1-2H3,(H,47,48)(H,49,50). The quantitative estimate of drug-likeness (QED) is 0.0528. The number of nitrogens with one attached hydrogen (secondary N) is 2. The van der Waals surface area contributed by atoms with Crippen molar-refractivity contribution in [1.82, 2.24) is 9.97 Å². The van der Waals surface area contributed by atoms with Gasteiger partial charge in [-0.15, -0.1) is 23.5 Å². The van der Waals surface area contributed by atoms with E-state index in [2.05, 4.69) is 9.97 Å². The number of thioether (sulfide) groups is 2. The van der Waals surface area contributed by atoms with E-state index in [0.29, 0.717) is 54.1 Å². The molecule has 57 heavy (non-hydrogen) atoms. The summed E-state index contributed by atoms with van der Waals surface area (Å²) in [6.45, 7) is 0.556. The number of rotatable bonds is 12. The molecule has 0 unspecified atom stereocenters. The van der Waals surface area contributed by atoms with Crippen molar-refractivity contribution in [2.24, 2.45) is 0 Å². The van der Waals surface area contributed by atoms with Crippen molar-refractivity contribution in [2.45, 2.75) is 23.0 Å². The van der Waals surface area contributed by atoms with E-state index >= 15 is 0 Å². The molecule has 0 saturated carbocycles. The molecule has 284 valence electrons.